The minimum Gasteiger partial charge on any atom is -0.272 e. The molecule has 0 aromatic carbocycles. The number of halogens is 2. The summed E-state index contributed by atoms with van der Waals surface area (Å²) in [6.07, 6.45) is 0. The number of aromatic nitrogens is 3. The minimum atomic E-state index is -2.98. The zero-order valence-electron chi connectivity index (χ0n) is 7.10. The predicted molar refractivity (Wildman–Crippen MR) is 45.6 cm³/mol. The van der Waals surface area contributed by atoms with Gasteiger partial charge in [-0.15, -0.1) is 0 Å². The molecule has 4 nitrogen and oxygen atoms in total. The third-order valence-corrected chi connectivity index (χ3v) is 2.13. The van der Waals surface area contributed by atoms with E-state index in [1.165, 1.54) is 6.92 Å². The van der Waals surface area contributed by atoms with Gasteiger partial charge in [-0.25, -0.2) is 18.7 Å². The Morgan fingerprint density at radius 1 is 1.54 bits per heavy atom. The molecule has 1 rings (SSSR count). The molecule has 1 atom stereocenters. The topological polar surface area (TPSA) is 53.6 Å². The molecule has 0 saturated carbocycles. The molecule has 2 N–H and O–H groups in total. The van der Waals surface area contributed by atoms with Crippen LogP contribution < -0.4 is 5.69 Å². The molecule has 0 saturated heterocycles. The van der Waals surface area contributed by atoms with Crippen molar-refractivity contribution in [2.24, 2.45) is 0 Å². The third-order valence-electron chi connectivity index (χ3n) is 1.83. The van der Waals surface area contributed by atoms with E-state index in [1.807, 2.05) is 0 Å². The van der Waals surface area contributed by atoms with Crippen LogP contribution in [0.3, 0.4) is 0 Å². The third kappa shape index (κ3) is 1.85. The maximum absolute atomic E-state index is 12.8. The van der Waals surface area contributed by atoms with Crippen molar-refractivity contribution in [3.63, 3.8) is 0 Å². The van der Waals surface area contributed by atoms with E-state index in [0.717, 1.165) is 11.5 Å². The molecule has 0 radical (unpaired) electrons. The molecule has 1 aromatic rings. The van der Waals surface area contributed by atoms with E-state index < -0.39 is 17.7 Å². The van der Waals surface area contributed by atoms with Gasteiger partial charge in [0, 0.05) is 6.92 Å². The van der Waals surface area contributed by atoms with Gasteiger partial charge in [-0.05, 0) is 19.1 Å². The van der Waals surface area contributed by atoms with E-state index in [-0.39, 0.29) is 4.77 Å². The monoisotopic (exact) mass is 209 g/mol. The molecule has 1 heterocycles. The Balaban J connectivity index is 3.24. The zero-order valence-corrected chi connectivity index (χ0v) is 7.91. The van der Waals surface area contributed by atoms with Gasteiger partial charge in [0.1, 0.15) is 6.04 Å². The van der Waals surface area contributed by atoms with Crippen LogP contribution >= 0.6 is 12.2 Å². The van der Waals surface area contributed by atoms with E-state index in [0.29, 0.717) is 0 Å². The Bertz CT molecular complexity index is 371. The number of nitrogens with zero attached hydrogens (tertiary/aromatic N) is 1. The zero-order chi connectivity index (χ0) is 10.2. The average molecular weight is 209 g/mol. The van der Waals surface area contributed by atoms with Gasteiger partial charge in [-0.2, -0.15) is 0 Å². The molecule has 7 heteroatoms. The minimum absolute atomic E-state index is 0.0287. The largest absolute Gasteiger partial charge is 0.342 e. The predicted octanol–water partition coefficient (Wildman–Crippen LogP) is 1.45. The lowest BCUT2D eigenvalue weighted by Crippen LogP contribution is -2.31. The van der Waals surface area contributed by atoms with Crippen LogP contribution in [0.5, 0.6) is 0 Å². The van der Waals surface area contributed by atoms with E-state index >= 15 is 0 Å². The highest BCUT2D eigenvalue weighted by atomic mass is 32.1. The number of aromatic amines is 2. The Morgan fingerprint density at radius 2 is 2.08 bits per heavy atom. The van der Waals surface area contributed by atoms with Crippen LogP contribution in [0, 0.1) is 4.77 Å². The number of hydrogen-bond donors (Lipinski definition) is 2. The molecule has 1 unspecified atom stereocenters. The molecule has 0 amide bonds. The van der Waals surface area contributed by atoms with Crippen molar-refractivity contribution in [1.29, 1.82) is 0 Å². The summed E-state index contributed by atoms with van der Waals surface area (Å²) >= 11 is 4.66. The Hall–Kier alpha value is -0.980. The fourth-order valence-corrected chi connectivity index (χ4v) is 1.19. The quantitative estimate of drug-likeness (QED) is 0.724. The van der Waals surface area contributed by atoms with Crippen LogP contribution in [0.25, 0.3) is 0 Å². The second kappa shape index (κ2) is 3.06. The average Bonchev–Trinajstić information content (AvgIpc) is 2.28. The summed E-state index contributed by atoms with van der Waals surface area (Å²) < 4.78 is 26.4. The van der Waals surface area contributed by atoms with Crippen LogP contribution in [-0.4, -0.2) is 20.7 Å². The smallest absolute Gasteiger partial charge is 0.272 e. The molecule has 1 aromatic heterocycles. The van der Waals surface area contributed by atoms with Crippen molar-refractivity contribution in [2.75, 3.05) is 0 Å². The number of H-pyrrole nitrogens is 2. The molecule has 0 aliphatic heterocycles. The molecular formula is C6H9F2N3OS. The number of rotatable bonds is 2. The van der Waals surface area contributed by atoms with Crippen LogP contribution in [0.4, 0.5) is 8.78 Å². The van der Waals surface area contributed by atoms with Crippen molar-refractivity contribution in [3.8, 4) is 0 Å². The maximum atomic E-state index is 12.8. The first-order valence-electron chi connectivity index (χ1n) is 3.61. The van der Waals surface area contributed by atoms with Crippen molar-refractivity contribution in [2.45, 2.75) is 25.8 Å². The number of nitrogens with one attached hydrogen (secondary N) is 2. The summed E-state index contributed by atoms with van der Waals surface area (Å²) in [5.41, 5.74) is -0.654. The molecule has 0 aliphatic rings. The fraction of sp³-hybridized carbons (Fsp3) is 0.667. The van der Waals surface area contributed by atoms with Crippen LogP contribution in [0.2, 0.25) is 0 Å². The Kier molecular flexibility index (Phi) is 2.38. The van der Waals surface area contributed by atoms with Gasteiger partial charge in [-0.3, -0.25) is 9.67 Å². The van der Waals surface area contributed by atoms with Crippen LogP contribution in [-0.2, 0) is 0 Å². The van der Waals surface area contributed by atoms with Crippen LogP contribution in [0.1, 0.15) is 19.9 Å². The van der Waals surface area contributed by atoms with Crippen molar-refractivity contribution in [3.05, 3.63) is 15.3 Å². The molecule has 13 heavy (non-hydrogen) atoms. The lowest BCUT2D eigenvalue weighted by atomic mass is 10.2. The first-order chi connectivity index (χ1) is 5.84. The second-order valence-electron chi connectivity index (χ2n) is 2.86. The normalized spacial score (nSPS) is 14.5. The first kappa shape index (κ1) is 10.1. The van der Waals surface area contributed by atoms with Crippen molar-refractivity contribution in [1.82, 2.24) is 14.8 Å². The first-order valence-corrected chi connectivity index (χ1v) is 4.02. The van der Waals surface area contributed by atoms with Gasteiger partial charge in [0.2, 0.25) is 0 Å². The summed E-state index contributed by atoms with van der Waals surface area (Å²) in [7, 11) is 0. The van der Waals surface area contributed by atoms with E-state index in [1.54, 1.807) is 0 Å². The number of hydrogen-bond acceptors (Lipinski definition) is 2. The second-order valence-corrected chi connectivity index (χ2v) is 3.25. The van der Waals surface area contributed by atoms with Gasteiger partial charge in [0.15, 0.2) is 4.77 Å². The molecule has 0 spiro atoms. The Morgan fingerprint density at radius 3 is 2.38 bits per heavy atom. The van der Waals surface area contributed by atoms with Gasteiger partial charge in [-0.1, -0.05) is 0 Å². The summed E-state index contributed by atoms with van der Waals surface area (Å²) in [4.78, 5) is 11.0. The standard InChI is InChI=1S/C6H9F2N3OS/c1-3(6(2,7)8)11-4(12)9-10-5(11)13/h3H,1-2H3,(H,9,12)(H,10,13). The SMILES string of the molecule is CC(n1c(=O)[nH][nH]c1=S)C(C)(F)F. The van der Waals surface area contributed by atoms with Gasteiger partial charge < -0.3 is 0 Å². The van der Waals surface area contributed by atoms with Crippen LogP contribution in [0.15, 0.2) is 4.79 Å². The van der Waals surface area contributed by atoms with Crippen molar-refractivity contribution >= 4 is 12.2 Å². The number of alkyl halides is 2. The highest BCUT2D eigenvalue weighted by Crippen LogP contribution is 2.26. The highest BCUT2D eigenvalue weighted by Gasteiger charge is 2.33. The van der Waals surface area contributed by atoms with Gasteiger partial charge in [0.05, 0.1) is 0 Å². The summed E-state index contributed by atoms with van der Waals surface area (Å²) in [5.74, 6) is -2.98. The maximum Gasteiger partial charge on any atom is 0.342 e. The summed E-state index contributed by atoms with van der Waals surface area (Å²) in [6.45, 7) is 1.98. The van der Waals surface area contributed by atoms with Gasteiger partial charge >= 0.3 is 5.69 Å². The van der Waals surface area contributed by atoms with Gasteiger partial charge in [0.25, 0.3) is 5.92 Å². The molecular weight excluding hydrogens is 200 g/mol. The van der Waals surface area contributed by atoms with E-state index in [4.69, 9.17) is 0 Å². The summed E-state index contributed by atoms with van der Waals surface area (Å²) in [6, 6.07) is -1.25. The fourth-order valence-electron chi connectivity index (χ4n) is 0.898. The lowest BCUT2D eigenvalue weighted by molar-refractivity contribution is -0.0275. The molecule has 74 valence electrons. The molecule has 0 bridgehead atoms. The molecule has 0 fully saturated rings. The summed E-state index contributed by atoms with van der Waals surface area (Å²) in [5, 5.41) is 4.43. The van der Waals surface area contributed by atoms with Crippen molar-refractivity contribution < 1.29 is 8.78 Å². The van der Waals surface area contributed by atoms with E-state index in [9.17, 15) is 13.6 Å². The van der Waals surface area contributed by atoms with E-state index in [2.05, 4.69) is 22.4 Å². The molecule has 0 aliphatic carbocycles. The Labute approximate surface area is 77.6 Å². The highest BCUT2D eigenvalue weighted by molar-refractivity contribution is 7.71. The lowest BCUT2D eigenvalue weighted by Gasteiger charge is -2.18.